The molecule has 0 unspecified atom stereocenters. The second kappa shape index (κ2) is 7.48. The van der Waals surface area contributed by atoms with Gasteiger partial charge in [-0.15, -0.1) is 0 Å². The summed E-state index contributed by atoms with van der Waals surface area (Å²) in [6, 6.07) is 9.32. The van der Waals surface area contributed by atoms with Crippen molar-refractivity contribution in [3.8, 4) is 5.75 Å². The van der Waals surface area contributed by atoms with Gasteiger partial charge in [0.1, 0.15) is 11.3 Å². The molecule has 0 spiro atoms. The van der Waals surface area contributed by atoms with Crippen LogP contribution in [-0.2, 0) is 15.6 Å². The summed E-state index contributed by atoms with van der Waals surface area (Å²) in [6.07, 6.45) is 2.06. The Hall–Kier alpha value is -3.35. The Morgan fingerprint density at radius 3 is 2.17 bits per heavy atom. The van der Waals surface area contributed by atoms with E-state index in [0.29, 0.717) is 5.56 Å². The van der Waals surface area contributed by atoms with Crippen LogP contribution in [-0.4, -0.2) is 33.0 Å². The number of oxime groups is 1. The van der Waals surface area contributed by atoms with Crippen molar-refractivity contribution in [2.24, 2.45) is 5.16 Å². The van der Waals surface area contributed by atoms with Crippen LogP contribution in [0.15, 0.2) is 41.6 Å². The summed E-state index contributed by atoms with van der Waals surface area (Å²) in [7, 11) is 0. The molecule has 7 heteroatoms. The number of benzene rings is 2. The average Bonchev–Trinajstić information content (AvgIpc) is 2.66. The van der Waals surface area contributed by atoms with Crippen LogP contribution in [0.1, 0.15) is 67.6 Å². The molecule has 4 N–H and O–H groups in total. The molecule has 0 aliphatic heterocycles. The third kappa shape index (κ3) is 3.87. The van der Waals surface area contributed by atoms with Gasteiger partial charge in [0.2, 0.25) is 0 Å². The zero-order valence-electron chi connectivity index (χ0n) is 17.5. The maximum absolute atomic E-state index is 12.7. The highest BCUT2D eigenvalue weighted by Crippen LogP contribution is 2.45. The number of hydrogen-bond donors (Lipinski definition) is 4. The van der Waals surface area contributed by atoms with E-state index in [9.17, 15) is 19.9 Å². The monoisotopic (exact) mass is 410 g/mol. The van der Waals surface area contributed by atoms with E-state index < -0.39 is 17.6 Å². The molecule has 1 aliphatic rings. The molecule has 2 aromatic rings. The smallest absolute Gasteiger partial charge is 0.339 e. The Bertz CT molecular complexity index is 1050. The summed E-state index contributed by atoms with van der Waals surface area (Å²) >= 11 is 0. The number of aromatic hydroxyl groups is 1. The summed E-state index contributed by atoms with van der Waals surface area (Å²) in [5.74, 6) is -2.42. The molecule has 0 radical (unpaired) electrons. The van der Waals surface area contributed by atoms with E-state index in [1.807, 2.05) is 12.1 Å². The van der Waals surface area contributed by atoms with Crippen molar-refractivity contribution in [1.29, 1.82) is 0 Å². The number of nitrogens with zero attached hydrogens (tertiary/aromatic N) is 1. The lowest BCUT2D eigenvalue weighted by molar-refractivity contribution is -0.110. The summed E-state index contributed by atoms with van der Waals surface area (Å²) in [6.45, 7) is 8.71. The molecule has 158 valence electrons. The molecular weight excluding hydrogens is 384 g/mol. The van der Waals surface area contributed by atoms with Crippen LogP contribution in [0.5, 0.6) is 5.75 Å². The number of anilines is 1. The van der Waals surface area contributed by atoms with Gasteiger partial charge in [-0.1, -0.05) is 45.0 Å². The molecule has 3 rings (SSSR count). The van der Waals surface area contributed by atoms with Gasteiger partial charge < -0.3 is 20.7 Å². The molecular formula is C23H26N2O5. The maximum Gasteiger partial charge on any atom is 0.339 e. The van der Waals surface area contributed by atoms with Crippen LogP contribution in [0.25, 0.3) is 0 Å². The second-order valence-corrected chi connectivity index (χ2v) is 8.97. The van der Waals surface area contributed by atoms with Gasteiger partial charge in [-0.25, -0.2) is 4.79 Å². The van der Waals surface area contributed by atoms with Gasteiger partial charge in [-0.05, 0) is 53.0 Å². The summed E-state index contributed by atoms with van der Waals surface area (Å²) in [4.78, 5) is 23.7. The van der Waals surface area contributed by atoms with E-state index in [2.05, 4.69) is 38.2 Å². The second-order valence-electron chi connectivity index (χ2n) is 8.97. The van der Waals surface area contributed by atoms with Crippen LogP contribution >= 0.6 is 0 Å². The van der Waals surface area contributed by atoms with Gasteiger partial charge in [-0.2, -0.15) is 0 Å². The van der Waals surface area contributed by atoms with Crippen molar-refractivity contribution in [3.05, 3.63) is 58.7 Å². The summed E-state index contributed by atoms with van der Waals surface area (Å²) < 4.78 is 0. The maximum atomic E-state index is 12.7. The highest BCUT2D eigenvalue weighted by molar-refractivity contribution is 6.48. The first kappa shape index (κ1) is 21.4. The Morgan fingerprint density at radius 1 is 0.967 bits per heavy atom. The minimum Gasteiger partial charge on any atom is -0.507 e. The van der Waals surface area contributed by atoms with Crippen molar-refractivity contribution in [3.63, 3.8) is 0 Å². The van der Waals surface area contributed by atoms with Crippen LogP contribution in [0.2, 0.25) is 0 Å². The van der Waals surface area contributed by atoms with E-state index in [1.54, 1.807) is 6.07 Å². The fraction of sp³-hybridized carbons (Fsp3) is 0.348. The fourth-order valence-electron chi connectivity index (χ4n) is 3.95. The number of rotatable bonds is 4. The zero-order chi connectivity index (χ0) is 22.3. The number of carbonyl (C=O) groups is 2. The average molecular weight is 410 g/mol. The Kier molecular flexibility index (Phi) is 5.33. The van der Waals surface area contributed by atoms with E-state index in [1.165, 1.54) is 17.7 Å². The molecule has 30 heavy (non-hydrogen) atoms. The fourth-order valence-corrected chi connectivity index (χ4v) is 3.95. The lowest BCUT2D eigenvalue weighted by atomic mass is 9.63. The number of carbonyl (C=O) groups excluding carboxylic acids is 1. The lowest BCUT2D eigenvalue weighted by Crippen LogP contribution is -2.34. The first-order chi connectivity index (χ1) is 14.0. The SMILES string of the molecule is CC1(C)CCC(C)(C)c2cc(/C(=N\O)C(=O)Nc3ccc(C(=O)O)c(O)c3)ccc21. The molecule has 0 bridgehead atoms. The Balaban J connectivity index is 1.92. The number of phenols is 1. The van der Waals surface area contributed by atoms with E-state index in [4.69, 9.17) is 5.11 Å². The first-order valence-electron chi connectivity index (χ1n) is 9.71. The molecule has 7 nitrogen and oxygen atoms in total. The van der Waals surface area contributed by atoms with Gasteiger partial charge in [0.05, 0.1) is 0 Å². The van der Waals surface area contributed by atoms with E-state index in [-0.39, 0.29) is 27.8 Å². The molecule has 0 heterocycles. The van der Waals surface area contributed by atoms with Gasteiger partial charge in [0.15, 0.2) is 5.71 Å². The van der Waals surface area contributed by atoms with Crippen molar-refractivity contribution < 1.29 is 25.0 Å². The third-order valence-electron chi connectivity index (χ3n) is 5.93. The van der Waals surface area contributed by atoms with Crippen LogP contribution < -0.4 is 5.32 Å². The van der Waals surface area contributed by atoms with E-state index >= 15 is 0 Å². The third-order valence-corrected chi connectivity index (χ3v) is 5.93. The molecule has 0 atom stereocenters. The summed E-state index contributed by atoms with van der Waals surface area (Å²) in [5.41, 5.74) is 2.50. The summed E-state index contributed by atoms with van der Waals surface area (Å²) in [5, 5.41) is 34.1. The normalized spacial score (nSPS) is 17.1. The number of carboxylic acid groups (broad SMARTS) is 1. The predicted octanol–water partition coefficient (Wildman–Crippen LogP) is 4.26. The van der Waals surface area contributed by atoms with Crippen molar-refractivity contribution in [2.45, 2.75) is 51.4 Å². The number of amides is 1. The van der Waals surface area contributed by atoms with Gasteiger partial charge >= 0.3 is 5.97 Å². The number of nitrogens with one attached hydrogen (secondary N) is 1. The largest absolute Gasteiger partial charge is 0.507 e. The Labute approximate surface area is 175 Å². The minimum atomic E-state index is -1.28. The molecule has 0 aromatic heterocycles. The highest BCUT2D eigenvalue weighted by Gasteiger charge is 2.37. The van der Waals surface area contributed by atoms with Crippen LogP contribution in [0.3, 0.4) is 0 Å². The van der Waals surface area contributed by atoms with Crippen LogP contribution in [0.4, 0.5) is 5.69 Å². The predicted molar refractivity (Wildman–Crippen MR) is 114 cm³/mol. The lowest BCUT2D eigenvalue weighted by Gasteiger charge is -2.42. The number of carboxylic acids is 1. The standard InChI is InChI=1S/C23H26N2O5/c1-22(2)9-10-23(3,4)17-11-13(5-8-16(17)22)19(25-30)20(27)24-14-6-7-15(21(28)29)18(26)12-14/h5-8,11-12,26,30H,9-10H2,1-4H3,(H,24,27)(H,28,29)/b25-19+. The van der Waals surface area contributed by atoms with E-state index in [0.717, 1.165) is 24.5 Å². The first-order valence-corrected chi connectivity index (χ1v) is 9.71. The topological polar surface area (TPSA) is 119 Å². The molecule has 1 aliphatic carbocycles. The molecule has 0 saturated heterocycles. The zero-order valence-corrected chi connectivity index (χ0v) is 17.5. The Morgan fingerprint density at radius 2 is 1.60 bits per heavy atom. The molecule has 2 aromatic carbocycles. The van der Waals surface area contributed by atoms with Crippen molar-refractivity contribution >= 4 is 23.3 Å². The molecule has 0 saturated carbocycles. The molecule has 1 amide bonds. The minimum absolute atomic E-state index is 0.0194. The van der Waals surface area contributed by atoms with Crippen molar-refractivity contribution in [2.75, 3.05) is 5.32 Å². The van der Waals surface area contributed by atoms with Gasteiger partial charge in [0, 0.05) is 17.3 Å². The van der Waals surface area contributed by atoms with Crippen LogP contribution in [0, 0.1) is 0 Å². The number of fused-ring (bicyclic) bond motifs is 1. The highest BCUT2D eigenvalue weighted by atomic mass is 16.4. The van der Waals surface area contributed by atoms with Crippen molar-refractivity contribution in [1.82, 2.24) is 0 Å². The molecule has 0 fully saturated rings. The van der Waals surface area contributed by atoms with Gasteiger partial charge in [0.25, 0.3) is 5.91 Å². The number of hydrogen-bond acceptors (Lipinski definition) is 5. The quantitative estimate of drug-likeness (QED) is 0.341. The van der Waals surface area contributed by atoms with Gasteiger partial charge in [-0.3, -0.25) is 4.79 Å². The number of aromatic carboxylic acids is 1.